The molecule has 0 aromatic rings. The summed E-state index contributed by atoms with van der Waals surface area (Å²) in [6.45, 7) is 0.112. The summed E-state index contributed by atoms with van der Waals surface area (Å²) in [5.41, 5.74) is -0.0162. The van der Waals surface area contributed by atoms with Gasteiger partial charge < -0.3 is 145 Å². The second-order valence-electron chi connectivity index (χ2n) is 18.9. The molecule has 0 radical (unpaired) electrons. The quantitative estimate of drug-likeness (QED) is 0.0448. The molecule has 0 spiro atoms. The lowest BCUT2D eigenvalue weighted by Crippen LogP contribution is -2.68. The van der Waals surface area contributed by atoms with Crippen LogP contribution in [0.25, 0.3) is 0 Å². The van der Waals surface area contributed by atoms with Crippen LogP contribution >= 0.6 is 0 Å². The number of esters is 1. The zero-order valence-corrected chi connectivity index (χ0v) is 39.2. The minimum atomic E-state index is -2.13. The summed E-state index contributed by atoms with van der Waals surface area (Å²) in [5, 5.41) is 193. The maximum absolute atomic E-state index is 12.6. The van der Waals surface area contributed by atoms with Gasteiger partial charge in [-0.25, -0.2) is 0 Å². The van der Waals surface area contributed by atoms with Crippen molar-refractivity contribution in [3.05, 3.63) is 11.6 Å². The molecule has 0 aromatic heterocycles. The Hall–Kier alpha value is -1.91. The lowest BCUT2D eigenvalue weighted by molar-refractivity contribution is -0.389. The zero-order chi connectivity index (χ0) is 53.2. The monoisotopic (exact) mass is 1050 g/mol. The maximum atomic E-state index is 12.6. The molecule has 5 fully saturated rings. The van der Waals surface area contributed by atoms with Crippen molar-refractivity contribution in [3.8, 4) is 0 Å². The first-order valence-corrected chi connectivity index (χ1v) is 23.5. The number of aliphatic hydroxyl groups is 18. The third-order valence-corrected chi connectivity index (χ3v) is 13.8. The molecule has 6 rings (SSSR count). The van der Waals surface area contributed by atoms with Crippen molar-refractivity contribution in [1.82, 2.24) is 5.32 Å². The highest BCUT2D eigenvalue weighted by atomic mass is 16.8. The number of carbonyl (C=O) groups excluding carboxylic acids is 1. The van der Waals surface area contributed by atoms with Crippen molar-refractivity contribution in [2.24, 2.45) is 5.92 Å². The number of rotatable bonds is 18. The van der Waals surface area contributed by atoms with E-state index in [1.807, 2.05) is 0 Å². The van der Waals surface area contributed by atoms with Crippen LogP contribution in [0.3, 0.4) is 0 Å². The maximum Gasteiger partial charge on any atom is 0.308 e. The van der Waals surface area contributed by atoms with Gasteiger partial charge in [0.2, 0.25) is 0 Å². The Morgan fingerprint density at radius 1 is 0.556 bits per heavy atom. The van der Waals surface area contributed by atoms with Gasteiger partial charge in [0.15, 0.2) is 31.5 Å². The van der Waals surface area contributed by atoms with E-state index in [9.17, 15) is 96.7 Å². The van der Waals surface area contributed by atoms with Crippen molar-refractivity contribution >= 4 is 5.97 Å². The highest BCUT2D eigenvalue weighted by molar-refractivity contribution is 5.69. The molecule has 418 valence electrons. The van der Waals surface area contributed by atoms with E-state index in [1.165, 1.54) is 26.8 Å². The summed E-state index contributed by atoms with van der Waals surface area (Å²) in [5.74, 6) is -2.03. The second-order valence-corrected chi connectivity index (χ2v) is 18.9. The van der Waals surface area contributed by atoms with Gasteiger partial charge in [-0.05, 0) is 19.4 Å². The number of carbonyl (C=O) groups is 1. The van der Waals surface area contributed by atoms with Gasteiger partial charge in [0.25, 0.3) is 0 Å². The summed E-state index contributed by atoms with van der Waals surface area (Å²) < 4.78 is 57.0. The number of nitrogens with one attached hydrogen (secondary N) is 1. The van der Waals surface area contributed by atoms with Gasteiger partial charge in [-0.15, -0.1) is 0 Å². The van der Waals surface area contributed by atoms with Crippen LogP contribution in [0.5, 0.6) is 0 Å². The van der Waals surface area contributed by atoms with Crippen molar-refractivity contribution in [1.29, 1.82) is 0 Å². The molecule has 5 heterocycles. The van der Waals surface area contributed by atoms with Gasteiger partial charge in [-0.1, -0.05) is 13.0 Å². The van der Waals surface area contributed by atoms with Crippen LogP contribution in [-0.2, 0) is 52.2 Å². The molecule has 4 unspecified atom stereocenters. The molecule has 0 saturated carbocycles. The van der Waals surface area contributed by atoms with Crippen LogP contribution in [-0.4, -0.2) is 309 Å². The van der Waals surface area contributed by atoms with E-state index >= 15 is 0 Å². The molecule has 6 aliphatic rings. The van der Waals surface area contributed by atoms with E-state index in [2.05, 4.69) is 5.32 Å². The lowest BCUT2D eigenvalue weighted by atomic mass is 9.86. The SMILES string of the molecule is CC(O)CC(=O)OC[C@H]1O[C@H](O[C@H]2[C@@H](O)[C@@H](O)[C@@H](O[C@@H]3[C@@H](O)[C@@H](O)[C@@H](O[C@@H]4[C@@H](O)[C@@H](O)C(O)O[C@@H]4CO)O[C@@H]3CO)O[C@@H]2CO)[C@H](O)[C@H](C)[C@@H]1O[C@H]1O[C@H](C)[C@@H](NC2C=C(CO)[C@@H](O)C(O)[C@H]2O)[C@@H](O)[C@H]1O. The second kappa shape index (κ2) is 25.5. The summed E-state index contributed by atoms with van der Waals surface area (Å²) in [4.78, 5) is 12.6. The molecular weight excluding hydrogens is 982 g/mol. The molecule has 30 atom stereocenters. The number of hydrogen-bond donors (Lipinski definition) is 19. The molecular formula is C42H71NO29. The predicted octanol–water partition coefficient (Wildman–Crippen LogP) is -11.3. The summed E-state index contributed by atoms with van der Waals surface area (Å²) in [7, 11) is 0. The first-order valence-electron chi connectivity index (χ1n) is 23.5. The molecule has 0 bridgehead atoms. The molecule has 5 saturated heterocycles. The van der Waals surface area contributed by atoms with Crippen molar-refractivity contribution < 1.29 is 144 Å². The summed E-state index contributed by atoms with van der Waals surface area (Å²) in [6.07, 6.45) is -45.8. The van der Waals surface area contributed by atoms with Gasteiger partial charge >= 0.3 is 5.97 Å². The van der Waals surface area contributed by atoms with Crippen LogP contribution in [0.15, 0.2) is 11.6 Å². The molecule has 30 nitrogen and oxygen atoms in total. The van der Waals surface area contributed by atoms with Crippen LogP contribution in [0.1, 0.15) is 27.2 Å². The average Bonchev–Trinajstić information content (AvgIpc) is 3.34. The number of aliphatic hydroxyl groups excluding tert-OH is 18. The Morgan fingerprint density at radius 3 is 1.50 bits per heavy atom. The fraction of sp³-hybridized carbons (Fsp3) is 0.929. The minimum absolute atomic E-state index is 0.0162. The largest absolute Gasteiger partial charge is 0.463 e. The van der Waals surface area contributed by atoms with Gasteiger partial charge in [0.05, 0.1) is 63.2 Å². The van der Waals surface area contributed by atoms with Gasteiger partial charge in [-0.2, -0.15) is 0 Å². The molecule has 1 aliphatic carbocycles. The lowest BCUT2D eigenvalue weighted by Gasteiger charge is -2.50. The van der Waals surface area contributed by atoms with Crippen molar-refractivity contribution in [2.75, 3.05) is 33.0 Å². The summed E-state index contributed by atoms with van der Waals surface area (Å²) >= 11 is 0. The topological polar surface area (TPSA) is 486 Å². The van der Waals surface area contributed by atoms with Crippen molar-refractivity contribution in [2.45, 2.75) is 205 Å². The van der Waals surface area contributed by atoms with Crippen LogP contribution < -0.4 is 5.32 Å². The Labute approximate surface area is 410 Å². The number of hydrogen-bond acceptors (Lipinski definition) is 30. The molecule has 5 aliphatic heterocycles. The minimum Gasteiger partial charge on any atom is -0.463 e. The first-order chi connectivity index (χ1) is 34.0. The Kier molecular flexibility index (Phi) is 21.0. The highest BCUT2D eigenvalue weighted by Crippen LogP contribution is 2.37. The fourth-order valence-electron chi connectivity index (χ4n) is 9.50. The van der Waals surface area contributed by atoms with Crippen LogP contribution in [0.2, 0.25) is 0 Å². The predicted molar refractivity (Wildman–Crippen MR) is 226 cm³/mol. The van der Waals surface area contributed by atoms with E-state index in [-0.39, 0.29) is 5.57 Å². The molecule has 0 aromatic carbocycles. The zero-order valence-electron chi connectivity index (χ0n) is 39.2. The number of ether oxygens (including phenoxy) is 10. The summed E-state index contributed by atoms with van der Waals surface area (Å²) in [6, 6.07) is -2.30. The third kappa shape index (κ3) is 12.7. The standard InChI is InChI=1S/C42H71NO29/c1-11(48)4-20(49)63-10-19-34(69-40-31(59)25(53)21(13(3)64-40)43-15-5-14(6-44)23(51)26(54)24(15)52)12(2)22(50)39(68-19)70-36-17(8-46)66-42(32(60)28(36)56)72-37-18(9-47)67-41(33(61)29(37)57)71-35-16(7-45)65-38(62)30(58)27(35)55/h5,11-13,15-19,21-48,50-62H,4,6-10H2,1-3H3/t11?,12-,13+,15?,16+,17+,18+,19+,21+,22+,23+,24-,25+,26?,27-,28-,29-,30+,31+,32+,33+,34-,35-,36+,37-,38?,39+,40+,41+,42+/m0/s1. The normalized spacial score (nSPS) is 49.7. The molecule has 19 N–H and O–H groups in total. The molecule has 72 heavy (non-hydrogen) atoms. The van der Waals surface area contributed by atoms with Crippen LogP contribution in [0, 0.1) is 5.92 Å². The van der Waals surface area contributed by atoms with E-state index in [0.717, 1.165) is 0 Å². The fourth-order valence-corrected chi connectivity index (χ4v) is 9.50. The first kappa shape index (κ1) is 59.3. The molecule has 0 amide bonds. The van der Waals surface area contributed by atoms with Gasteiger partial charge in [0, 0.05) is 5.92 Å². The Morgan fingerprint density at radius 2 is 1.00 bits per heavy atom. The average molecular weight is 1050 g/mol. The third-order valence-electron chi connectivity index (χ3n) is 13.8. The van der Waals surface area contributed by atoms with Gasteiger partial charge in [-0.3, -0.25) is 4.79 Å². The Balaban J connectivity index is 1.13. The van der Waals surface area contributed by atoms with E-state index in [1.54, 1.807) is 0 Å². The van der Waals surface area contributed by atoms with E-state index in [0.29, 0.717) is 0 Å². The van der Waals surface area contributed by atoms with Crippen molar-refractivity contribution in [3.63, 3.8) is 0 Å². The smallest absolute Gasteiger partial charge is 0.308 e. The van der Waals surface area contributed by atoms with E-state index in [4.69, 9.17) is 47.4 Å². The molecule has 30 heteroatoms. The van der Waals surface area contributed by atoms with E-state index < -0.39 is 229 Å². The van der Waals surface area contributed by atoms with Gasteiger partial charge in [0.1, 0.15) is 123 Å². The Bertz CT molecular complexity index is 1730. The van der Waals surface area contributed by atoms with Crippen LogP contribution in [0.4, 0.5) is 0 Å². The highest BCUT2D eigenvalue weighted by Gasteiger charge is 2.56.